The van der Waals surface area contributed by atoms with Gasteiger partial charge in [-0.1, -0.05) is 23.5 Å². The van der Waals surface area contributed by atoms with Crippen LogP contribution in [0.2, 0.25) is 0 Å². The van der Waals surface area contributed by atoms with E-state index in [1.807, 2.05) is 24.3 Å². The highest BCUT2D eigenvalue weighted by Crippen LogP contribution is 2.26. The topological polar surface area (TPSA) is 92.9 Å². The molecule has 0 saturated heterocycles. The lowest BCUT2D eigenvalue weighted by Crippen LogP contribution is -2.17. The van der Waals surface area contributed by atoms with Crippen molar-refractivity contribution in [2.45, 2.75) is 0 Å². The number of carbonyl (C=O) groups excluding carboxylic acids is 1. The molecule has 0 radical (unpaired) electrons. The zero-order chi connectivity index (χ0) is 13.9. The van der Waals surface area contributed by atoms with E-state index < -0.39 is 0 Å². The predicted octanol–water partition coefficient (Wildman–Crippen LogP) is 2.23. The van der Waals surface area contributed by atoms with Gasteiger partial charge in [0.15, 0.2) is 5.13 Å². The maximum atomic E-state index is 12.2. The van der Waals surface area contributed by atoms with Crippen molar-refractivity contribution in [3.63, 3.8) is 0 Å². The second-order valence-electron chi connectivity index (χ2n) is 4.01. The molecule has 0 saturated carbocycles. The molecule has 0 aliphatic heterocycles. The molecule has 1 amide bonds. The average molecular weight is 285 g/mol. The number of pyridine rings is 1. The molecule has 0 unspecified atom stereocenters. The van der Waals surface area contributed by atoms with Gasteiger partial charge in [-0.2, -0.15) is 0 Å². The molecule has 100 valence electrons. The van der Waals surface area contributed by atoms with Crippen molar-refractivity contribution in [3.05, 3.63) is 48.3 Å². The number of aromatic nitrogens is 2. The van der Waals surface area contributed by atoms with Crippen LogP contribution in [0.3, 0.4) is 0 Å². The van der Waals surface area contributed by atoms with E-state index in [1.165, 1.54) is 17.5 Å². The molecular formula is C13H11N5OS. The standard InChI is InChI=1S/C13H11N5OS/c14-18-9-5-6-15-7-8(9)12(19)17-13-16-10-3-1-2-4-11(10)20-13/h1-7H,14H2,(H,15,18)(H,16,17,19). The molecule has 6 nitrogen and oxygen atoms in total. The summed E-state index contributed by atoms with van der Waals surface area (Å²) >= 11 is 1.42. The quantitative estimate of drug-likeness (QED) is 0.507. The van der Waals surface area contributed by atoms with Gasteiger partial charge in [0.2, 0.25) is 0 Å². The van der Waals surface area contributed by atoms with E-state index >= 15 is 0 Å². The predicted molar refractivity (Wildman–Crippen MR) is 79.6 cm³/mol. The smallest absolute Gasteiger partial charge is 0.261 e. The molecule has 1 aromatic carbocycles. The number of nitrogens with one attached hydrogen (secondary N) is 2. The number of para-hydroxylation sites is 1. The summed E-state index contributed by atoms with van der Waals surface area (Å²) in [7, 11) is 0. The normalized spacial score (nSPS) is 10.4. The van der Waals surface area contributed by atoms with Crippen molar-refractivity contribution in [1.82, 2.24) is 9.97 Å². The Balaban J connectivity index is 1.88. The summed E-state index contributed by atoms with van der Waals surface area (Å²) in [6.45, 7) is 0. The Labute approximate surface area is 118 Å². The maximum absolute atomic E-state index is 12.2. The van der Waals surface area contributed by atoms with Crippen LogP contribution in [0.4, 0.5) is 10.8 Å². The molecule has 0 bridgehead atoms. The number of benzene rings is 1. The van der Waals surface area contributed by atoms with E-state index in [0.29, 0.717) is 16.4 Å². The first-order valence-corrected chi connectivity index (χ1v) is 6.67. The minimum Gasteiger partial charge on any atom is -0.323 e. The number of carbonyl (C=O) groups is 1. The molecule has 0 aliphatic carbocycles. The van der Waals surface area contributed by atoms with Crippen LogP contribution in [0, 0.1) is 0 Å². The van der Waals surface area contributed by atoms with Crippen molar-refractivity contribution in [3.8, 4) is 0 Å². The number of anilines is 2. The molecular weight excluding hydrogens is 274 g/mol. The second kappa shape index (κ2) is 5.24. The zero-order valence-electron chi connectivity index (χ0n) is 10.3. The summed E-state index contributed by atoms with van der Waals surface area (Å²) in [6, 6.07) is 9.33. The Morgan fingerprint density at radius 1 is 1.25 bits per heavy atom. The molecule has 2 heterocycles. The number of amides is 1. The van der Waals surface area contributed by atoms with E-state index in [-0.39, 0.29) is 5.91 Å². The van der Waals surface area contributed by atoms with E-state index in [4.69, 9.17) is 5.84 Å². The van der Waals surface area contributed by atoms with E-state index in [9.17, 15) is 4.79 Å². The first-order valence-electron chi connectivity index (χ1n) is 5.85. The lowest BCUT2D eigenvalue weighted by atomic mass is 10.2. The molecule has 0 atom stereocenters. The van der Waals surface area contributed by atoms with Gasteiger partial charge in [-0.25, -0.2) is 4.98 Å². The SMILES string of the molecule is NNc1ccncc1C(=O)Nc1nc2ccccc2s1. The first kappa shape index (κ1) is 12.5. The Morgan fingerprint density at radius 2 is 2.10 bits per heavy atom. The highest BCUT2D eigenvalue weighted by Gasteiger charge is 2.13. The Bertz CT molecular complexity index is 737. The van der Waals surface area contributed by atoms with Gasteiger partial charge < -0.3 is 5.43 Å². The van der Waals surface area contributed by atoms with Crippen molar-refractivity contribution >= 4 is 38.3 Å². The summed E-state index contributed by atoms with van der Waals surface area (Å²) < 4.78 is 1.02. The van der Waals surface area contributed by atoms with Gasteiger partial charge in [0.05, 0.1) is 21.5 Å². The zero-order valence-corrected chi connectivity index (χ0v) is 11.1. The fourth-order valence-corrected chi connectivity index (χ4v) is 2.65. The highest BCUT2D eigenvalue weighted by atomic mass is 32.1. The fraction of sp³-hybridized carbons (Fsp3) is 0. The van der Waals surface area contributed by atoms with Crippen molar-refractivity contribution in [2.24, 2.45) is 5.84 Å². The van der Waals surface area contributed by atoms with E-state index in [0.717, 1.165) is 10.2 Å². The largest absolute Gasteiger partial charge is 0.323 e. The van der Waals surface area contributed by atoms with Crippen LogP contribution in [-0.4, -0.2) is 15.9 Å². The van der Waals surface area contributed by atoms with Crippen LogP contribution >= 0.6 is 11.3 Å². The second-order valence-corrected chi connectivity index (χ2v) is 5.04. The molecule has 2 aromatic heterocycles. The molecule has 0 spiro atoms. The summed E-state index contributed by atoms with van der Waals surface area (Å²) in [5.74, 6) is 5.07. The van der Waals surface area contributed by atoms with Gasteiger partial charge in [0, 0.05) is 12.4 Å². The Kier molecular flexibility index (Phi) is 3.28. The summed E-state index contributed by atoms with van der Waals surface area (Å²) in [4.78, 5) is 20.5. The molecule has 7 heteroatoms. The molecule has 3 aromatic rings. The van der Waals surface area contributed by atoms with E-state index in [1.54, 1.807) is 12.3 Å². The lowest BCUT2D eigenvalue weighted by Gasteiger charge is -2.06. The number of hydrogen-bond donors (Lipinski definition) is 3. The summed E-state index contributed by atoms with van der Waals surface area (Å²) in [6.07, 6.45) is 3.02. The number of fused-ring (bicyclic) bond motifs is 1. The molecule has 0 fully saturated rings. The van der Waals surface area contributed by atoms with Gasteiger partial charge in [-0.3, -0.25) is 20.9 Å². The third kappa shape index (κ3) is 2.31. The van der Waals surface area contributed by atoms with Gasteiger partial charge in [0.1, 0.15) is 0 Å². The van der Waals surface area contributed by atoms with Gasteiger partial charge in [-0.05, 0) is 18.2 Å². The third-order valence-corrected chi connectivity index (χ3v) is 3.69. The van der Waals surface area contributed by atoms with Crippen LogP contribution in [0.5, 0.6) is 0 Å². The Hall–Kier alpha value is -2.51. The first-order chi connectivity index (χ1) is 9.78. The molecule has 0 aliphatic rings. The minimum absolute atomic E-state index is 0.301. The van der Waals surface area contributed by atoms with Gasteiger partial charge >= 0.3 is 0 Å². The summed E-state index contributed by atoms with van der Waals surface area (Å²) in [5.41, 5.74) is 4.21. The molecule has 4 N–H and O–H groups in total. The lowest BCUT2D eigenvalue weighted by molar-refractivity contribution is 0.102. The Morgan fingerprint density at radius 3 is 2.90 bits per heavy atom. The number of nitrogen functional groups attached to an aromatic ring is 1. The minimum atomic E-state index is -0.301. The van der Waals surface area contributed by atoms with Crippen LogP contribution in [0.25, 0.3) is 10.2 Å². The third-order valence-electron chi connectivity index (χ3n) is 2.74. The van der Waals surface area contributed by atoms with Crippen LogP contribution in [0.15, 0.2) is 42.7 Å². The molecule has 3 rings (SSSR count). The van der Waals surface area contributed by atoms with Gasteiger partial charge in [-0.15, -0.1) is 0 Å². The number of hydrogen-bond acceptors (Lipinski definition) is 6. The number of thiazole rings is 1. The van der Waals surface area contributed by atoms with Gasteiger partial charge in [0.25, 0.3) is 5.91 Å². The average Bonchev–Trinajstić information content (AvgIpc) is 2.89. The number of nitrogens with zero attached hydrogens (tertiary/aromatic N) is 2. The van der Waals surface area contributed by atoms with Crippen molar-refractivity contribution in [2.75, 3.05) is 10.7 Å². The van der Waals surface area contributed by atoms with Crippen LogP contribution in [0.1, 0.15) is 10.4 Å². The maximum Gasteiger partial charge on any atom is 0.261 e. The number of hydrazine groups is 1. The fourth-order valence-electron chi connectivity index (χ4n) is 1.79. The van der Waals surface area contributed by atoms with E-state index in [2.05, 4.69) is 20.7 Å². The number of nitrogens with two attached hydrogens (primary N) is 1. The number of rotatable bonds is 3. The molecule has 20 heavy (non-hydrogen) atoms. The van der Waals surface area contributed by atoms with Crippen molar-refractivity contribution in [1.29, 1.82) is 0 Å². The van der Waals surface area contributed by atoms with Crippen molar-refractivity contribution < 1.29 is 4.79 Å². The van der Waals surface area contributed by atoms with Crippen LogP contribution < -0.4 is 16.6 Å². The van der Waals surface area contributed by atoms with Crippen LogP contribution in [-0.2, 0) is 0 Å². The monoisotopic (exact) mass is 285 g/mol. The highest BCUT2D eigenvalue weighted by molar-refractivity contribution is 7.22. The summed E-state index contributed by atoms with van der Waals surface area (Å²) in [5, 5.41) is 3.30.